The maximum absolute atomic E-state index is 12.9. The van der Waals surface area contributed by atoms with E-state index in [0.29, 0.717) is 5.69 Å². The average Bonchev–Trinajstić information content (AvgIpc) is 2.29. The summed E-state index contributed by atoms with van der Waals surface area (Å²) in [5.41, 5.74) is 2.17. The number of benzene rings is 1. The van der Waals surface area contributed by atoms with E-state index in [1.807, 2.05) is 18.2 Å². The smallest absolute Gasteiger partial charge is 0.213 e. The van der Waals surface area contributed by atoms with Gasteiger partial charge in [-0.05, 0) is 23.8 Å². The van der Waals surface area contributed by atoms with Gasteiger partial charge in [0.2, 0.25) is 5.95 Å². The molecule has 0 spiro atoms. The summed E-state index contributed by atoms with van der Waals surface area (Å²) < 4.78 is 12.9. The molecule has 1 heterocycles. The van der Waals surface area contributed by atoms with Crippen molar-refractivity contribution in [1.82, 2.24) is 4.98 Å². The predicted octanol–water partition coefficient (Wildman–Crippen LogP) is 2.38. The fourth-order valence-electron chi connectivity index (χ4n) is 1.40. The molecule has 0 aliphatic rings. The molecule has 0 saturated heterocycles. The van der Waals surface area contributed by atoms with Gasteiger partial charge >= 0.3 is 0 Å². The van der Waals surface area contributed by atoms with E-state index in [0.717, 1.165) is 11.1 Å². The Kier molecular flexibility index (Phi) is 2.74. The van der Waals surface area contributed by atoms with E-state index >= 15 is 0 Å². The van der Waals surface area contributed by atoms with Crippen LogP contribution in [-0.2, 0) is 6.61 Å². The lowest BCUT2D eigenvalue weighted by molar-refractivity contribution is 0.282. The molecule has 0 fully saturated rings. The molecule has 2 aromatic rings. The molecule has 0 atom stereocenters. The normalized spacial score (nSPS) is 10.3. The van der Waals surface area contributed by atoms with E-state index < -0.39 is 5.95 Å². The molecule has 0 unspecified atom stereocenters. The lowest BCUT2D eigenvalue weighted by Crippen LogP contribution is -1.89. The van der Waals surface area contributed by atoms with Crippen molar-refractivity contribution in [2.24, 2.45) is 0 Å². The van der Waals surface area contributed by atoms with Crippen LogP contribution in [0.1, 0.15) is 5.56 Å². The fourth-order valence-corrected chi connectivity index (χ4v) is 1.40. The van der Waals surface area contributed by atoms with Crippen LogP contribution in [-0.4, -0.2) is 10.1 Å². The Balaban J connectivity index is 2.44. The molecular formula is C12H10FNO. The minimum Gasteiger partial charge on any atom is -0.392 e. The second kappa shape index (κ2) is 4.19. The number of aliphatic hydroxyl groups excluding tert-OH is 1. The van der Waals surface area contributed by atoms with E-state index in [4.69, 9.17) is 5.11 Å². The molecule has 0 aliphatic heterocycles. The molecule has 0 saturated carbocycles. The maximum Gasteiger partial charge on any atom is 0.213 e. The van der Waals surface area contributed by atoms with Crippen molar-refractivity contribution in [3.8, 4) is 11.3 Å². The molecule has 76 valence electrons. The zero-order valence-corrected chi connectivity index (χ0v) is 8.02. The van der Waals surface area contributed by atoms with Crippen LogP contribution in [0.2, 0.25) is 0 Å². The van der Waals surface area contributed by atoms with Crippen LogP contribution in [0, 0.1) is 5.95 Å². The first-order valence-electron chi connectivity index (χ1n) is 4.62. The summed E-state index contributed by atoms with van der Waals surface area (Å²) in [4.78, 5) is 3.77. The van der Waals surface area contributed by atoms with E-state index in [-0.39, 0.29) is 6.61 Å². The number of hydrogen-bond donors (Lipinski definition) is 1. The van der Waals surface area contributed by atoms with Gasteiger partial charge in [-0.2, -0.15) is 4.39 Å². The highest BCUT2D eigenvalue weighted by molar-refractivity contribution is 5.59. The van der Waals surface area contributed by atoms with Gasteiger partial charge in [-0.1, -0.05) is 24.3 Å². The van der Waals surface area contributed by atoms with Gasteiger partial charge in [0.1, 0.15) is 0 Å². The van der Waals surface area contributed by atoms with Crippen molar-refractivity contribution in [1.29, 1.82) is 0 Å². The maximum atomic E-state index is 12.9. The molecule has 2 nitrogen and oxygen atoms in total. The van der Waals surface area contributed by atoms with E-state index in [1.54, 1.807) is 18.2 Å². The molecule has 3 heteroatoms. The van der Waals surface area contributed by atoms with Gasteiger partial charge in [0, 0.05) is 5.56 Å². The van der Waals surface area contributed by atoms with Crippen LogP contribution in [0.5, 0.6) is 0 Å². The fraction of sp³-hybridized carbons (Fsp3) is 0.0833. The molecule has 1 aromatic carbocycles. The Labute approximate surface area is 87.0 Å². The van der Waals surface area contributed by atoms with Gasteiger partial charge in [0.25, 0.3) is 0 Å². The van der Waals surface area contributed by atoms with Gasteiger partial charge in [-0.3, -0.25) is 0 Å². The summed E-state index contributed by atoms with van der Waals surface area (Å²) in [7, 11) is 0. The van der Waals surface area contributed by atoms with E-state index in [2.05, 4.69) is 4.98 Å². The van der Waals surface area contributed by atoms with Crippen molar-refractivity contribution in [2.75, 3.05) is 0 Å². The lowest BCUT2D eigenvalue weighted by Gasteiger charge is -2.02. The molecule has 15 heavy (non-hydrogen) atoms. The van der Waals surface area contributed by atoms with Gasteiger partial charge < -0.3 is 5.11 Å². The Morgan fingerprint density at radius 1 is 1.13 bits per heavy atom. The molecule has 1 N–H and O–H groups in total. The van der Waals surface area contributed by atoms with Crippen molar-refractivity contribution >= 4 is 0 Å². The van der Waals surface area contributed by atoms with Crippen molar-refractivity contribution < 1.29 is 9.50 Å². The number of halogens is 1. The summed E-state index contributed by atoms with van der Waals surface area (Å²) in [6, 6.07) is 11.9. The molecule has 1 aromatic heterocycles. The lowest BCUT2D eigenvalue weighted by atomic mass is 10.1. The highest BCUT2D eigenvalue weighted by Crippen LogP contribution is 2.18. The highest BCUT2D eigenvalue weighted by atomic mass is 19.1. The average molecular weight is 203 g/mol. The van der Waals surface area contributed by atoms with Crippen LogP contribution in [0.4, 0.5) is 4.39 Å². The Morgan fingerprint density at radius 2 is 1.93 bits per heavy atom. The summed E-state index contributed by atoms with van der Waals surface area (Å²) in [6.45, 7) is -0.0246. The van der Waals surface area contributed by atoms with Crippen molar-refractivity contribution in [2.45, 2.75) is 6.61 Å². The second-order valence-electron chi connectivity index (χ2n) is 3.20. The molecular weight excluding hydrogens is 193 g/mol. The van der Waals surface area contributed by atoms with Crippen LogP contribution < -0.4 is 0 Å². The number of aliphatic hydroxyl groups is 1. The van der Waals surface area contributed by atoms with Gasteiger partial charge in [0.05, 0.1) is 12.3 Å². The standard InChI is InChI=1S/C12H10FNO/c13-12-6-2-5-11(14-12)10-4-1-3-9(7-10)8-15/h1-7,15H,8H2. The molecule has 0 radical (unpaired) electrons. The minimum atomic E-state index is -0.498. The number of pyridine rings is 1. The first-order chi connectivity index (χ1) is 7.29. The minimum absolute atomic E-state index is 0.0246. The second-order valence-corrected chi connectivity index (χ2v) is 3.20. The number of aromatic nitrogens is 1. The Bertz CT molecular complexity index is 471. The number of rotatable bonds is 2. The molecule has 0 amide bonds. The largest absolute Gasteiger partial charge is 0.392 e. The van der Waals surface area contributed by atoms with Crippen LogP contribution in [0.25, 0.3) is 11.3 Å². The van der Waals surface area contributed by atoms with Crippen molar-refractivity contribution in [3.63, 3.8) is 0 Å². The third kappa shape index (κ3) is 2.19. The van der Waals surface area contributed by atoms with E-state index in [9.17, 15) is 4.39 Å². The quantitative estimate of drug-likeness (QED) is 0.760. The van der Waals surface area contributed by atoms with Gasteiger partial charge in [-0.25, -0.2) is 4.98 Å². The van der Waals surface area contributed by atoms with Crippen LogP contribution in [0.15, 0.2) is 42.5 Å². The summed E-state index contributed by atoms with van der Waals surface area (Å²) in [6.07, 6.45) is 0. The Hall–Kier alpha value is -1.74. The number of nitrogens with zero attached hydrogens (tertiary/aromatic N) is 1. The van der Waals surface area contributed by atoms with Crippen molar-refractivity contribution in [3.05, 3.63) is 54.0 Å². The topological polar surface area (TPSA) is 33.1 Å². The highest BCUT2D eigenvalue weighted by Gasteiger charge is 2.01. The first-order valence-corrected chi connectivity index (χ1v) is 4.62. The van der Waals surface area contributed by atoms with Crippen LogP contribution in [0.3, 0.4) is 0 Å². The monoisotopic (exact) mass is 203 g/mol. The molecule has 2 rings (SSSR count). The Morgan fingerprint density at radius 3 is 2.67 bits per heavy atom. The molecule has 0 bridgehead atoms. The first kappa shape index (κ1) is 9.80. The summed E-state index contributed by atoms with van der Waals surface area (Å²) in [5.74, 6) is -0.498. The zero-order valence-electron chi connectivity index (χ0n) is 8.02. The summed E-state index contributed by atoms with van der Waals surface area (Å²) >= 11 is 0. The SMILES string of the molecule is OCc1cccc(-c2cccc(F)n2)c1. The van der Waals surface area contributed by atoms with Gasteiger partial charge in [-0.15, -0.1) is 0 Å². The molecule has 0 aliphatic carbocycles. The summed E-state index contributed by atoms with van der Waals surface area (Å²) in [5, 5.41) is 8.97. The zero-order chi connectivity index (χ0) is 10.7. The number of hydrogen-bond acceptors (Lipinski definition) is 2. The van der Waals surface area contributed by atoms with Gasteiger partial charge in [0.15, 0.2) is 0 Å². The third-order valence-electron chi connectivity index (χ3n) is 2.12. The predicted molar refractivity (Wildman–Crippen MR) is 55.6 cm³/mol. The van der Waals surface area contributed by atoms with E-state index in [1.165, 1.54) is 6.07 Å². The third-order valence-corrected chi connectivity index (χ3v) is 2.12. The van der Waals surface area contributed by atoms with Crippen LogP contribution >= 0.6 is 0 Å².